The van der Waals surface area contributed by atoms with Gasteiger partial charge in [0, 0.05) is 33.4 Å². The molecule has 0 bridgehead atoms. The van der Waals surface area contributed by atoms with Crippen LogP contribution in [0.5, 0.6) is 0 Å². The standard InChI is InChI=1S/C14H21NO8S/c1-6(16)20-12-10(5-24-9(4)19)23-14(22-8(3)18)11(15)13(12)21-7(2)17/h10-14H,5,15H2,1-4H3/t10?,11?,12-,13-,14-/m0/s1. The first-order valence-electron chi connectivity index (χ1n) is 7.18. The number of esters is 3. The van der Waals surface area contributed by atoms with Gasteiger partial charge in [0.05, 0.1) is 0 Å². The SMILES string of the molecule is CC(=O)O[C@H]1OC(CSC(C)=O)[C@H](OC(C)=O)[C@@H](OC(C)=O)C1N. The van der Waals surface area contributed by atoms with E-state index in [2.05, 4.69) is 0 Å². The molecule has 0 aromatic carbocycles. The summed E-state index contributed by atoms with van der Waals surface area (Å²) in [5.74, 6) is -1.80. The van der Waals surface area contributed by atoms with Gasteiger partial charge in [-0.2, -0.15) is 0 Å². The van der Waals surface area contributed by atoms with Crippen LogP contribution in [0, 0.1) is 0 Å². The van der Waals surface area contributed by atoms with Crippen LogP contribution in [0.15, 0.2) is 0 Å². The Labute approximate surface area is 143 Å². The minimum Gasteiger partial charge on any atom is -0.457 e. The van der Waals surface area contributed by atoms with Crippen molar-refractivity contribution in [3.8, 4) is 0 Å². The Morgan fingerprint density at radius 2 is 1.42 bits per heavy atom. The van der Waals surface area contributed by atoms with E-state index in [1.807, 2.05) is 0 Å². The van der Waals surface area contributed by atoms with E-state index in [1.165, 1.54) is 27.7 Å². The molecule has 0 amide bonds. The summed E-state index contributed by atoms with van der Waals surface area (Å²) in [6, 6.07) is -1.05. The van der Waals surface area contributed by atoms with Crippen LogP contribution in [0.25, 0.3) is 0 Å². The molecule has 1 aliphatic rings. The third-order valence-electron chi connectivity index (χ3n) is 3.03. The highest BCUT2D eigenvalue weighted by Gasteiger charge is 2.49. The van der Waals surface area contributed by atoms with Gasteiger partial charge in [-0.05, 0) is 0 Å². The second-order valence-electron chi connectivity index (χ2n) is 5.18. The lowest BCUT2D eigenvalue weighted by atomic mass is 9.97. The first-order valence-corrected chi connectivity index (χ1v) is 8.16. The Kier molecular flexibility index (Phi) is 7.64. The van der Waals surface area contributed by atoms with E-state index in [1.54, 1.807) is 0 Å². The molecule has 0 saturated carbocycles. The summed E-state index contributed by atoms with van der Waals surface area (Å²) >= 11 is 0.935. The van der Waals surface area contributed by atoms with E-state index < -0.39 is 48.6 Å². The smallest absolute Gasteiger partial charge is 0.304 e. The monoisotopic (exact) mass is 363 g/mol. The number of carbonyl (C=O) groups excluding carboxylic acids is 4. The maximum absolute atomic E-state index is 11.4. The Morgan fingerprint density at radius 3 is 1.88 bits per heavy atom. The van der Waals surface area contributed by atoms with Crippen molar-refractivity contribution in [2.45, 2.75) is 58.3 Å². The lowest BCUT2D eigenvalue weighted by Crippen LogP contribution is -2.64. The van der Waals surface area contributed by atoms with Gasteiger partial charge in [0.2, 0.25) is 6.29 Å². The molecule has 136 valence electrons. The Balaban J connectivity index is 3.08. The maximum Gasteiger partial charge on any atom is 0.304 e. The molecule has 0 spiro atoms. The lowest BCUT2D eigenvalue weighted by molar-refractivity contribution is -0.256. The molecule has 2 N–H and O–H groups in total. The molecule has 0 aromatic rings. The number of nitrogens with two attached hydrogens (primary N) is 1. The number of rotatable bonds is 5. The van der Waals surface area contributed by atoms with Gasteiger partial charge in [-0.25, -0.2) is 0 Å². The highest BCUT2D eigenvalue weighted by molar-refractivity contribution is 8.13. The molecule has 1 aliphatic heterocycles. The normalized spacial score (nSPS) is 29.5. The van der Waals surface area contributed by atoms with Crippen molar-refractivity contribution >= 4 is 34.8 Å². The molecule has 1 heterocycles. The Morgan fingerprint density at radius 1 is 0.917 bits per heavy atom. The molecular weight excluding hydrogens is 342 g/mol. The predicted molar refractivity (Wildman–Crippen MR) is 82.6 cm³/mol. The van der Waals surface area contributed by atoms with Crippen molar-refractivity contribution in [2.75, 3.05) is 5.75 Å². The van der Waals surface area contributed by atoms with Gasteiger partial charge in [-0.15, -0.1) is 0 Å². The summed E-state index contributed by atoms with van der Waals surface area (Å²) < 4.78 is 20.9. The van der Waals surface area contributed by atoms with E-state index in [0.717, 1.165) is 11.8 Å². The number of thioether (sulfide) groups is 1. The van der Waals surface area contributed by atoms with Crippen molar-refractivity contribution < 1.29 is 38.1 Å². The van der Waals surface area contributed by atoms with Gasteiger partial charge in [0.1, 0.15) is 12.1 Å². The fourth-order valence-electron chi connectivity index (χ4n) is 2.20. The second-order valence-corrected chi connectivity index (χ2v) is 6.38. The minimum absolute atomic E-state index is 0.107. The molecule has 9 nitrogen and oxygen atoms in total. The number of ether oxygens (including phenoxy) is 4. The summed E-state index contributed by atoms with van der Waals surface area (Å²) in [5, 5.41) is -0.178. The van der Waals surface area contributed by atoms with E-state index in [-0.39, 0.29) is 10.9 Å². The largest absolute Gasteiger partial charge is 0.457 e. The fraction of sp³-hybridized carbons (Fsp3) is 0.714. The first-order chi connectivity index (χ1) is 11.1. The lowest BCUT2D eigenvalue weighted by Gasteiger charge is -2.43. The van der Waals surface area contributed by atoms with Crippen LogP contribution < -0.4 is 5.73 Å². The number of carbonyl (C=O) groups is 4. The van der Waals surface area contributed by atoms with E-state index in [4.69, 9.17) is 24.7 Å². The van der Waals surface area contributed by atoms with Crippen molar-refractivity contribution in [1.29, 1.82) is 0 Å². The van der Waals surface area contributed by atoms with Crippen LogP contribution in [-0.4, -0.2) is 59.4 Å². The van der Waals surface area contributed by atoms with Crippen LogP contribution in [0.2, 0.25) is 0 Å². The molecule has 1 fully saturated rings. The van der Waals surface area contributed by atoms with E-state index in [0.29, 0.717) is 0 Å². The molecule has 0 aliphatic carbocycles. The van der Waals surface area contributed by atoms with Crippen molar-refractivity contribution in [2.24, 2.45) is 5.73 Å². The van der Waals surface area contributed by atoms with Crippen molar-refractivity contribution in [1.82, 2.24) is 0 Å². The first kappa shape index (κ1) is 20.4. The van der Waals surface area contributed by atoms with Crippen LogP contribution in [0.1, 0.15) is 27.7 Å². The molecule has 24 heavy (non-hydrogen) atoms. The quantitative estimate of drug-likeness (QED) is 0.515. The predicted octanol–water partition coefficient (Wildman–Crippen LogP) is -0.255. The average molecular weight is 363 g/mol. The Hall–Kier alpha value is -1.65. The summed E-state index contributed by atoms with van der Waals surface area (Å²) in [6.07, 6.45) is -4.16. The van der Waals surface area contributed by atoms with Crippen LogP contribution >= 0.6 is 11.8 Å². The molecule has 1 saturated heterocycles. The average Bonchev–Trinajstić information content (AvgIpc) is 2.42. The molecule has 0 radical (unpaired) electrons. The third kappa shape index (κ3) is 6.10. The zero-order chi connectivity index (χ0) is 18.4. The highest BCUT2D eigenvalue weighted by Crippen LogP contribution is 2.28. The van der Waals surface area contributed by atoms with Crippen molar-refractivity contribution in [3.05, 3.63) is 0 Å². The van der Waals surface area contributed by atoms with Crippen LogP contribution in [0.4, 0.5) is 0 Å². The molecule has 1 rings (SSSR count). The molecule has 10 heteroatoms. The number of hydrogen-bond acceptors (Lipinski definition) is 10. The summed E-state index contributed by atoms with van der Waals surface area (Å²) in [6.45, 7) is 4.90. The molecule has 2 unspecified atom stereocenters. The second kappa shape index (κ2) is 9.00. The zero-order valence-corrected chi connectivity index (χ0v) is 14.7. The van der Waals surface area contributed by atoms with Gasteiger partial charge in [0.25, 0.3) is 0 Å². The van der Waals surface area contributed by atoms with Crippen molar-refractivity contribution in [3.63, 3.8) is 0 Å². The van der Waals surface area contributed by atoms with Crippen LogP contribution in [-0.2, 0) is 38.1 Å². The summed E-state index contributed by atoms with van der Waals surface area (Å²) in [7, 11) is 0. The zero-order valence-electron chi connectivity index (χ0n) is 13.8. The van der Waals surface area contributed by atoms with E-state index >= 15 is 0 Å². The number of hydrogen-bond donors (Lipinski definition) is 1. The van der Waals surface area contributed by atoms with Gasteiger partial charge in [0.15, 0.2) is 17.3 Å². The Bertz CT molecular complexity index is 495. The highest BCUT2D eigenvalue weighted by atomic mass is 32.2. The third-order valence-corrected chi connectivity index (χ3v) is 3.93. The maximum atomic E-state index is 11.4. The molecule has 0 aromatic heterocycles. The van der Waals surface area contributed by atoms with Gasteiger partial charge in [-0.3, -0.25) is 19.2 Å². The van der Waals surface area contributed by atoms with Gasteiger partial charge < -0.3 is 24.7 Å². The summed E-state index contributed by atoms with van der Waals surface area (Å²) in [5.41, 5.74) is 5.96. The van der Waals surface area contributed by atoms with Gasteiger partial charge in [-0.1, -0.05) is 11.8 Å². The van der Waals surface area contributed by atoms with Crippen LogP contribution in [0.3, 0.4) is 0 Å². The van der Waals surface area contributed by atoms with Gasteiger partial charge >= 0.3 is 17.9 Å². The fourth-order valence-corrected chi connectivity index (χ4v) is 2.87. The molecule has 5 atom stereocenters. The minimum atomic E-state index is -1.20. The topological polar surface area (TPSA) is 131 Å². The molecular formula is C14H21NO8S. The summed E-state index contributed by atoms with van der Waals surface area (Å²) in [4.78, 5) is 45.1. The van der Waals surface area contributed by atoms with E-state index in [9.17, 15) is 19.2 Å².